The summed E-state index contributed by atoms with van der Waals surface area (Å²) in [5.41, 5.74) is 5.00. The molecule has 1 aliphatic heterocycles. The number of carbonyl (C=O) groups is 1. The number of esters is 1. The summed E-state index contributed by atoms with van der Waals surface area (Å²) in [5.74, 6) is -0.501. The average molecular weight is 467 g/mol. The summed E-state index contributed by atoms with van der Waals surface area (Å²) >= 11 is 5.72. The van der Waals surface area contributed by atoms with E-state index in [0.717, 1.165) is 28.3 Å². The van der Waals surface area contributed by atoms with E-state index in [1.54, 1.807) is 18.3 Å². The summed E-state index contributed by atoms with van der Waals surface area (Å²) in [7, 11) is 1.40. The molecule has 2 atom stereocenters. The quantitative estimate of drug-likeness (QED) is 0.407. The normalized spacial score (nSPS) is 17.8. The van der Waals surface area contributed by atoms with Crippen LogP contribution >= 0.6 is 12.2 Å². The van der Waals surface area contributed by atoms with Gasteiger partial charge >= 0.3 is 5.97 Å². The highest BCUT2D eigenvalue weighted by molar-refractivity contribution is 7.80. The fourth-order valence-electron chi connectivity index (χ4n) is 4.56. The number of halogens is 1. The molecule has 3 aromatic rings. The molecule has 172 valence electrons. The maximum atomic E-state index is 13.5. The highest BCUT2D eigenvalue weighted by Crippen LogP contribution is 2.41. The summed E-state index contributed by atoms with van der Waals surface area (Å²) in [6.45, 7) is 4.71. The van der Waals surface area contributed by atoms with Crippen LogP contribution < -0.4 is 5.32 Å². The van der Waals surface area contributed by atoms with E-state index in [1.165, 1.54) is 19.2 Å². The predicted molar refractivity (Wildman–Crippen MR) is 129 cm³/mol. The van der Waals surface area contributed by atoms with Crippen LogP contribution in [0.3, 0.4) is 0 Å². The number of ether oxygens (including phenoxy) is 1. The number of methoxy groups -OCH3 is 1. The molecule has 1 aromatic carbocycles. The van der Waals surface area contributed by atoms with Gasteiger partial charge in [0, 0.05) is 36.2 Å². The number of benzene rings is 1. The molecule has 1 aliphatic rings. The van der Waals surface area contributed by atoms with E-state index < -0.39 is 0 Å². The molecule has 6 nitrogen and oxygen atoms in total. The van der Waals surface area contributed by atoms with Crippen LogP contribution in [0.4, 0.5) is 4.39 Å². The highest BCUT2D eigenvalue weighted by atomic mass is 32.1. The van der Waals surface area contributed by atoms with Crippen molar-refractivity contribution in [3.8, 4) is 5.69 Å². The monoisotopic (exact) mass is 466 g/mol. The molecule has 0 saturated carbocycles. The highest BCUT2D eigenvalue weighted by Gasteiger charge is 2.41. The minimum Gasteiger partial charge on any atom is -0.469 e. The van der Waals surface area contributed by atoms with Crippen molar-refractivity contribution in [3.05, 3.63) is 83.2 Å². The number of rotatable bonds is 7. The second-order valence-corrected chi connectivity index (χ2v) is 8.52. The van der Waals surface area contributed by atoms with Crippen molar-refractivity contribution >= 4 is 23.3 Å². The van der Waals surface area contributed by atoms with E-state index in [9.17, 15) is 9.18 Å². The number of aromatic nitrogens is 2. The van der Waals surface area contributed by atoms with Crippen LogP contribution in [0.25, 0.3) is 5.69 Å². The number of carbonyl (C=O) groups excluding carboxylic acids is 1. The van der Waals surface area contributed by atoms with Crippen molar-refractivity contribution in [2.45, 2.75) is 38.8 Å². The molecular weight excluding hydrogens is 439 g/mol. The van der Waals surface area contributed by atoms with Crippen LogP contribution in [0.15, 0.2) is 54.7 Å². The zero-order chi connectivity index (χ0) is 23.5. The molecule has 2 aromatic heterocycles. The van der Waals surface area contributed by atoms with Gasteiger partial charge in [-0.1, -0.05) is 6.07 Å². The first-order chi connectivity index (χ1) is 15.9. The number of nitrogens with zero attached hydrogens (tertiary/aromatic N) is 3. The Bertz CT molecular complexity index is 1150. The van der Waals surface area contributed by atoms with Gasteiger partial charge in [0.05, 0.1) is 24.9 Å². The van der Waals surface area contributed by atoms with Gasteiger partial charge in [0.2, 0.25) is 0 Å². The van der Waals surface area contributed by atoms with E-state index in [1.807, 2.05) is 25.1 Å². The van der Waals surface area contributed by atoms with Crippen molar-refractivity contribution in [3.63, 3.8) is 0 Å². The molecule has 2 unspecified atom stereocenters. The lowest BCUT2D eigenvalue weighted by atomic mass is 9.96. The number of thiocarbonyl (C=S) groups is 1. The molecule has 1 saturated heterocycles. The van der Waals surface area contributed by atoms with Crippen LogP contribution in [0.5, 0.6) is 0 Å². The molecule has 0 bridgehead atoms. The minimum atomic E-state index is -0.265. The van der Waals surface area contributed by atoms with Crippen molar-refractivity contribution in [1.82, 2.24) is 19.8 Å². The fourth-order valence-corrected chi connectivity index (χ4v) is 4.89. The van der Waals surface area contributed by atoms with Crippen molar-refractivity contribution < 1.29 is 13.9 Å². The van der Waals surface area contributed by atoms with Crippen LogP contribution in [-0.4, -0.2) is 39.2 Å². The minimum absolute atomic E-state index is 0.106. The maximum Gasteiger partial charge on any atom is 0.305 e. The summed E-state index contributed by atoms with van der Waals surface area (Å²) < 4.78 is 20.4. The topological polar surface area (TPSA) is 59.4 Å². The lowest BCUT2D eigenvalue weighted by molar-refractivity contribution is -0.140. The molecule has 0 aliphatic carbocycles. The van der Waals surface area contributed by atoms with E-state index in [4.69, 9.17) is 17.0 Å². The molecule has 33 heavy (non-hydrogen) atoms. The molecule has 1 fully saturated rings. The van der Waals surface area contributed by atoms with Gasteiger partial charge in [0.1, 0.15) is 5.82 Å². The Hall–Kier alpha value is -3.26. The van der Waals surface area contributed by atoms with Crippen molar-refractivity contribution in [2.75, 3.05) is 13.7 Å². The van der Waals surface area contributed by atoms with E-state index in [2.05, 4.69) is 32.8 Å². The second kappa shape index (κ2) is 9.70. The SMILES string of the molecule is COC(=O)CCCN1C(=S)NC(c2ccccn2)C1c1cc(C)n(-c2ccc(F)cc2)c1C. The summed E-state index contributed by atoms with van der Waals surface area (Å²) in [4.78, 5) is 18.4. The molecule has 8 heteroatoms. The van der Waals surface area contributed by atoms with Crippen molar-refractivity contribution in [1.29, 1.82) is 0 Å². The first-order valence-corrected chi connectivity index (χ1v) is 11.3. The van der Waals surface area contributed by atoms with Gasteiger partial charge in [0.15, 0.2) is 5.11 Å². The summed E-state index contributed by atoms with van der Waals surface area (Å²) in [5, 5.41) is 4.08. The molecule has 0 spiro atoms. The second-order valence-electron chi connectivity index (χ2n) is 8.14. The number of nitrogens with one attached hydrogen (secondary N) is 1. The Morgan fingerprint density at radius 3 is 2.64 bits per heavy atom. The third-order valence-electron chi connectivity index (χ3n) is 6.08. The van der Waals surface area contributed by atoms with E-state index >= 15 is 0 Å². The summed E-state index contributed by atoms with van der Waals surface area (Å²) in [6, 6.07) is 14.2. The Morgan fingerprint density at radius 1 is 1.21 bits per heavy atom. The van der Waals surface area contributed by atoms with Gasteiger partial charge < -0.3 is 19.5 Å². The molecular formula is C25H27FN4O2S. The molecule has 0 radical (unpaired) electrons. The summed E-state index contributed by atoms with van der Waals surface area (Å²) in [6.07, 6.45) is 2.72. The molecule has 3 heterocycles. The van der Waals surface area contributed by atoms with Crippen LogP contribution in [0.1, 0.15) is 47.6 Å². The number of hydrogen-bond donors (Lipinski definition) is 1. The zero-order valence-corrected chi connectivity index (χ0v) is 19.7. The molecule has 4 rings (SSSR count). The Balaban J connectivity index is 1.74. The van der Waals surface area contributed by atoms with Crippen LogP contribution in [0.2, 0.25) is 0 Å². The third kappa shape index (κ3) is 4.61. The third-order valence-corrected chi connectivity index (χ3v) is 6.43. The molecule has 1 N–H and O–H groups in total. The first-order valence-electron chi connectivity index (χ1n) is 10.9. The first kappa shape index (κ1) is 22.9. The smallest absolute Gasteiger partial charge is 0.305 e. The Labute approximate surface area is 198 Å². The van der Waals surface area contributed by atoms with Gasteiger partial charge in [-0.2, -0.15) is 0 Å². The van der Waals surface area contributed by atoms with Gasteiger partial charge in [-0.25, -0.2) is 4.39 Å². The van der Waals surface area contributed by atoms with Crippen molar-refractivity contribution in [2.24, 2.45) is 0 Å². The number of pyridine rings is 1. The zero-order valence-electron chi connectivity index (χ0n) is 18.9. The average Bonchev–Trinajstić information content (AvgIpc) is 3.30. The predicted octanol–water partition coefficient (Wildman–Crippen LogP) is 4.55. The lowest BCUT2D eigenvalue weighted by Crippen LogP contribution is -2.31. The van der Waals surface area contributed by atoms with Gasteiger partial charge in [0.25, 0.3) is 0 Å². The van der Waals surface area contributed by atoms with Crippen LogP contribution in [-0.2, 0) is 9.53 Å². The van der Waals surface area contributed by atoms with Crippen LogP contribution in [0, 0.1) is 19.7 Å². The van der Waals surface area contributed by atoms with Gasteiger partial charge in [-0.05, 0) is 80.5 Å². The molecule has 0 amide bonds. The Morgan fingerprint density at radius 2 is 1.97 bits per heavy atom. The number of hydrogen-bond acceptors (Lipinski definition) is 4. The van der Waals surface area contributed by atoms with Gasteiger partial charge in [-0.15, -0.1) is 0 Å². The van der Waals surface area contributed by atoms with Gasteiger partial charge in [-0.3, -0.25) is 9.78 Å². The fraction of sp³-hybridized carbons (Fsp3) is 0.320. The Kier molecular flexibility index (Phi) is 6.74. The number of aryl methyl sites for hydroxylation is 1. The van der Waals surface area contributed by atoms with E-state index in [-0.39, 0.29) is 23.9 Å². The van der Waals surface area contributed by atoms with E-state index in [0.29, 0.717) is 24.5 Å². The lowest BCUT2D eigenvalue weighted by Gasteiger charge is -2.28. The standard InChI is InChI=1S/C25H27FN4O2S/c1-16-15-20(17(2)30(16)19-11-9-18(26)10-12-19)24-23(21-7-4-5-13-27-21)28-25(33)29(24)14-6-8-22(31)32-3/h4-5,7,9-13,15,23-24H,6,8,14H2,1-3H3,(H,28,33). The largest absolute Gasteiger partial charge is 0.469 e. The maximum absolute atomic E-state index is 13.5.